The molecule has 0 aliphatic carbocycles. The number of likely N-dealkylation sites (tertiary alicyclic amines) is 1. The summed E-state index contributed by atoms with van der Waals surface area (Å²) in [5.41, 5.74) is 2.49. The maximum atomic E-state index is 12.1. The summed E-state index contributed by atoms with van der Waals surface area (Å²) in [5, 5.41) is 11.7. The van der Waals surface area contributed by atoms with Crippen LogP contribution in [0.2, 0.25) is 0 Å². The number of nitrogens with zero attached hydrogens (tertiary/aromatic N) is 1. The number of carboxylic acid groups (broad SMARTS) is 1. The van der Waals surface area contributed by atoms with Gasteiger partial charge in [-0.25, -0.2) is 0 Å². The van der Waals surface area contributed by atoms with E-state index in [2.05, 4.69) is 5.32 Å². The Balaban J connectivity index is 1.92. The number of benzene rings is 1. The molecule has 23 heavy (non-hydrogen) atoms. The first kappa shape index (κ1) is 17.0. The summed E-state index contributed by atoms with van der Waals surface area (Å²) in [6.07, 6.45) is 0. The van der Waals surface area contributed by atoms with E-state index in [9.17, 15) is 14.4 Å². The molecule has 0 bridgehead atoms. The summed E-state index contributed by atoms with van der Waals surface area (Å²) in [4.78, 5) is 36.9. The number of aryl methyl sites for hydroxylation is 2. The van der Waals surface area contributed by atoms with Gasteiger partial charge in [-0.3, -0.25) is 14.4 Å². The van der Waals surface area contributed by atoms with Crippen LogP contribution in [0.25, 0.3) is 0 Å². The lowest BCUT2D eigenvalue weighted by Crippen LogP contribution is -2.39. The summed E-state index contributed by atoms with van der Waals surface area (Å²) in [6.45, 7) is 6.13. The third kappa shape index (κ3) is 4.09. The minimum absolute atomic E-state index is 0.0772. The van der Waals surface area contributed by atoms with E-state index in [4.69, 9.17) is 5.11 Å². The molecular formula is C17H22N2O4. The molecule has 1 aliphatic heterocycles. The molecule has 0 aromatic heterocycles. The molecule has 0 saturated carbocycles. The topological polar surface area (TPSA) is 86.7 Å². The second kappa shape index (κ2) is 6.81. The lowest BCUT2D eigenvalue weighted by molar-refractivity contribution is -0.142. The Hall–Kier alpha value is -2.37. The van der Waals surface area contributed by atoms with Crippen molar-refractivity contribution in [3.63, 3.8) is 0 Å². The van der Waals surface area contributed by atoms with Crippen LogP contribution >= 0.6 is 0 Å². The first-order chi connectivity index (χ1) is 10.8. The predicted molar refractivity (Wildman–Crippen MR) is 85.1 cm³/mol. The molecule has 1 heterocycles. The van der Waals surface area contributed by atoms with E-state index >= 15 is 0 Å². The Morgan fingerprint density at radius 3 is 2.30 bits per heavy atom. The Bertz CT molecular complexity index is 621. The first-order valence-corrected chi connectivity index (χ1v) is 7.65. The summed E-state index contributed by atoms with van der Waals surface area (Å²) in [7, 11) is 0. The highest BCUT2D eigenvalue weighted by molar-refractivity contribution is 5.96. The van der Waals surface area contributed by atoms with Gasteiger partial charge in [0.1, 0.15) is 0 Å². The van der Waals surface area contributed by atoms with Gasteiger partial charge in [-0.05, 0) is 31.9 Å². The predicted octanol–water partition coefficient (Wildman–Crippen LogP) is 1.21. The zero-order chi connectivity index (χ0) is 17.1. The van der Waals surface area contributed by atoms with Crippen LogP contribution in [-0.4, -0.2) is 47.4 Å². The minimum atomic E-state index is -0.882. The van der Waals surface area contributed by atoms with Crippen molar-refractivity contribution in [2.24, 2.45) is 11.8 Å². The van der Waals surface area contributed by atoms with E-state index < -0.39 is 11.9 Å². The van der Waals surface area contributed by atoms with Crippen molar-refractivity contribution in [1.29, 1.82) is 0 Å². The van der Waals surface area contributed by atoms with Crippen molar-refractivity contribution in [3.05, 3.63) is 34.9 Å². The van der Waals surface area contributed by atoms with Gasteiger partial charge in [-0.15, -0.1) is 0 Å². The van der Waals surface area contributed by atoms with Gasteiger partial charge in [0, 0.05) is 18.7 Å². The molecule has 1 fully saturated rings. The normalized spacial score (nSPS) is 20.4. The molecule has 1 aliphatic rings. The number of nitrogens with one attached hydrogen (secondary N) is 1. The van der Waals surface area contributed by atoms with Crippen LogP contribution in [0.1, 0.15) is 28.4 Å². The van der Waals surface area contributed by atoms with Crippen LogP contribution < -0.4 is 5.32 Å². The molecule has 6 heteroatoms. The van der Waals surface area contributed by atoms with E-state index in [0.29, 0.717) is 12.1 Å². The average Bonchev–Trinajstić information content (AvgIpc) is 2.85. The Labute approximate surface area is 135 Å². The zero-order valence-corrected chi connectivity index (χ0v) is 13.6. The van der Waals surface area contributed by atoms with Crippen molar-refractivity contribution in [2.75, 3.05) is 19.6 Å². The minimum Gasteiger partial charge on any atom is -0.481 e. The molecule has 1 saturated heterocycles. The van der Waals surface area contributed by atoms with Crippen molar-refractivity contribution in [3.8, 4) is 0 Å². The molecule has 124 valence electrons. The molecule has 2 rings (SSSR count). The number of aliphatic carboxylic acids is 1. The quantitative estimate of drug-likeness (QED) is 0.874. The van der Waals surface area contributed by atoms with Crippen molar-refractivity contribution in [2.45, 2.75) is 20.8 Å². The van der Waals surface area contributed by atoms with Crippen LogP contribution in [-0.2, 0) is 9.59 Å². The number of hydrogen-bond donors (Lipinski definition) is 2. The lowest BCUT2D eigenvalue weighted by Gasteiger charge is -2.16. The van der Waals surface area contributed by atoms with Crippen LogP contribution in [0, 0.1) is 25.7 Å². The molecule has 0 spiro atoms. The number of carboxylic acids is 1. The standard InChI is InChI=1S/C17H22N2O4/c1-10-4-11(2)6-13(5-10)16(21)18-7-15(20)19-8-12(3)14(9-19)17(22)23/h4-6,12,14H,7-9H2,1-3H3,(H,18,21)(H,22,23)/t12-,14-/m1/s1. The van der Waals surface area contributed by atoms with E-state index in [0.717, 1.165) is 11.1 Å². The van der Waals surface area contributed by atoms with Gasteiger partial charge in [-0.2, -0.15) is 0 Å². The largest absolute Gasteiger partial charge is 0.481 e. The maximum absolute atomic E-state index is 12.1. The number of carbonyl (C=O) groups is 3. The second-order valence-corrected chi connectivity index (χ2v) is 6.28. The van der Waals surface area contributed by atoms with E-state index in [-0.39, 0.29) is 30.8 Å². The third-order valence-electron chi connectivity index (χ3n) is 4.17. The van der Waals surface area contributed by atoms with Crippen molar-refractivity contribution in [1.82, 2.24) is 10.2 Å². The van der Waals surface area contributed by atoms with Gasteiger partial charge in [0.15, 0.2) is 0 Å². The Morgan fingerprint density at radius 2 is 1.78 bits per heavy atom. The summed E-state index contributed by atoms with van der Waals surface area (Å²) >= 11 is 0. The van der Waals surface area contributed by atoms with Crippen LogP contribution in [0.5, 0.6) is 0 Å². The molecular weight excluding hydrogens is 296 g/mol. The fourth-order valence-electron chi connectivity index (χ4n) is 2.97. The molecule has 0 radical (unpaired) electrons. The molecule has 2 atom stereocenters. The van der Waals surface area contributed by atoms with Gasteiger partial charge in [0.2, 0.25) is 5.91 Å². The summed E-state index contributed by atoms with van der Waals surface area (Å²) in [6, 6.07) is 5.51. The van der Waals surface area contributed by atoms with Crippen LogP contribution in [0.3, 0.4) is 0 Å². The summed E-state index contributed by atoms with van der Waals surface area (Å²) in [5.74, 6) is -2.04. The third-order valence-corrected chi connectivity index (χ3v) is 4.17. The van der Waals surface area contributed by atoms with Crippen molar-refractivity contribution < 1.29 is 19.5 Å². The van der Waals surface area contributed by atoms with Crippen molar-refractivity contribution >= 4 is 17.8 Å². The van der Waals surface area contributed by atoms with Gasteiger partial charge in [-0.1, -0.05) is 24.1 Å². The van der Waals surface area contributed by atoms with Gasteiger partial charge >= 0.3 is 5.97 Å². The number of carbonyl (C=O) groups excluding carboxylic acids is 2. The molecule has 2 N–H and O–H groups in total. The number of hydrogen-bond acceptors (Lipinski definition) is 3. The Morgan fingerprint density at radius 1 is 1.17 bits per heavy atom. The smallest absolute Gasteiger partial charge is 0.308 e. The molecule has 1 aromatic rings. The second-order valence-electron chi connectivity index (χ2n) is 6.28. The molecule has 0 unspecified atom stereocenters. The Kier molecular flexibility index (Phi) is 5.03. The van der Waals surface area contributed by atoms with Gasteiger partial charge in [0.05, 0.1) is 12.5 Å². The number of rotatable bonds is 4. The van der Waals surface area contributed by atoms with E-state index in [1.54, 1.807) is 12.1 Å². The fourth-order valence-corrected chi connectivity index (χ4v) is 2.97. The van der Waals surface area contributed by atoms with E-state index in [1.165, 1.54) is 4.90 Å². The fraction of sp³-hybridized carbons (Fsp3) is 0.471. The summed E-state index contributed by atoms with van der Waals surface area (Å²) < 4.78 is 0. The maximum Gasteiger partial charge on any atom is 0.308 e. The SMILES string of the molecule is Cc1cc(C)cc(C(=O)NCC(=O)N2C[C@@H](C)[C@H](C(=O)O)C2)c1. The highest BCUT2D eigenvalue weighted by Crippen LogP contribution is 2.22. The monoisotopic (exact) mass is 318 g/mol. The highest BCUT2D eigenvalue weighted by atomic mass is 16.4. The van der Waals surface area contributed by atoms with Gasteiger partial charge < -0.3 is 15.3 Å². The first-order valence-electron chi connectivity index (χ1n) is 7.65. The van der Waals surface area contributed by atoms with Crippen LogP contribution in [0.4, 0.5) is 0 Å². The van der Waals surface area contributed by atoms with Crippen LogP contribution in [0.15, 0.2) is 18.2 Å². The van der Waals surface area contributed by atoms with E-state index in [1.807, 2.05) is 26.8 Å². The highest BCUT2D eigenvalue weighted by Gasteiger charge is 2.36. The average molecular weight is 318 g/mol. The lowest BCUT2D eigenvalue weighted by atomic mass is 9.99. The van der Waals surface area contributed by atoms with Gasteiger partial charge in [0.25, 0.3) is 5.91 Å². The zero-order valence-electron chi connectivity index (χ0n) is 13.6. The molecule has 1 aromatic carbocycles. The molecule has 6 nitrogen and oxygen atoms in total. The number of amides is 2. The molecule has 2 amide bonds.